The lowest BCUT2D eigenvalue weighted by Crippen LogP contribution is -2.33. The topological polar surface area (TPSA) is 89.3 Å². The van der Waals surface area contributed by atoms with E-state index in [0.29, 0.717) is 18.5 Å². The van der Waals surface area contributed by atoms with E-state index in [1.165, 1.54) is 35.5 Å². The smallest absolute Gasteiger partial charge is 0.414 e. The number of likely N-dealkylation sites (N-methyl/N-ethyl adjacent to an activating group) is 1. The van der Waals surface area contributed by atoms with Crippen LogP contribution >= 0.6 is 0 Å². The van der Waals surface area contributed by atoms with Gasteiger partial charge in [0.25, 0.3) is 5.91 Å². The third-order valence-corrected chi connectivity index (χ3v) is 3.92. The van der Waals surface area contributed by atoms with E-state index in [9.17, 15) is 14.4 Å². The average molecular weight is 390 g/mol. The maximum absolute atomic E-state index is 12.8. The molecule has 1 aliphatic rings. The average Bonchev–Trinajstić information content (AvgIpc) is 3.28. The van der Waals surface area contributed by atoms with Gasteiger partial charge in [-0.25, -0.2) is 9.59 Å². The minimum Gasteiger partial charge on any atom is -0.472 e. The van der Waals surface area contributed by atoms with Gasteiger partial charge in [-0.05, 0) is 44.9 Å². The van der Waals surface area contributed by atoms with Crippen molar-refractivity contribution in [1.82, 2.24) is 9.80 Å². The van der Waals surface area contributed by atoms with Crippen molar-refractivity contribution in [2.75, 3.05) is 27.2 Å². The minimum absolute atomic E-state index is 0.103. The molecule has 0 atom stereocenters. The maximum atomic E-state index is 12.8. The molecule has 0 aromatic carbocycles. The van der Waals surface area contributed by atoms with Crippen molar-refractivity contribution in [3.05, 3.63) is 41.5 Å². The van der Waals surface area contributed by atoms with Crippen LogP contribution in [-0.4, -0.2) is 60.6 Å². The van der Waals surface area contributed by atoms with Crippen LogP contribution in [0.4, 0.5) is 4.79 Å². The summed E-state index contributed by atoms with van der Waals surface area (Å²) in [5.41, 5.74) is 0.787. The van der Waals surface area contributed by atoms with Crippen molar-refractivity contribution in [3.63, 3.8) is 0 Å². The van der Waals surface area contributed by atoms with Crippen molar-refractivity contribution >= 4 is 24.0 Å². The Morgan fingerprint density at radius 2 is 2.04 bits per heavy atom. The van der Waals surface area contributed by atoms with E-state index >= 15 is 0 Å². The fraction of sp³-hybridized carbons (Fsp3) is 0.450. The number of hydrogen-bond donors (Lipinski definition) is 0. The normalized spacial score (nSPS) is 14.5. The van der Waals surface area contributed by atoms with E-state index in [1.54, 1.807) is 40.1 Å². The predicted molar refractivity (Wildman–Crippen MR) is 102 cm³/mol. The second-order valence-corrected chi connectivity index (χ2v) is 7.48. The predicted octanol–water partition coefficient (Wildman–Crippen LogP) is 2.82. The highest BCUT2D eigenvalue weighted by Crippen LogP contribution is 2.20. The van der Waals surface area contributed by atoms with Crippen molar-refractivity contribution < 1.29 is 28.3 Å². The van der Waals surface area contributed by atoms with E-state index in [1.807, 2.05) is 0 Å². The molecule has 0 saturated carbocycles. The number of carbonyl (C=O) groups is 3. The Bertz CT molecular complexity index is 786. The van der Waals surface area contributed by atoms with Crippen molar-refractivity contribution in [2.24, 2.45) is 0 Å². The molecule has 0 spiro atoms. The number of amides is 2. The molecule has 2 heterocycles. The molecule has 1 aromatic heterocycles. The van der Waals surface area contributed by atoms with E-state index in [0.717, 1.165) is 5.57 Å². The van der Waals surface area contributed by atoms with Crippen LogP contribution in [0.2, 0.25) is 0 Å². The summed E-state index contributed by atoms with van der Waals surface area (Å²) in [6, 6.07) is 1.63. The zero-order valence-corrected chi connectivity index (χ0v) is 16.9. The SMILES string of the molecule is COC(=O)/C(=C/c1ccoc1)C(=O)N(C)CC1=CN(C(=O)OC(C)(C)C)CC1. The second-order valence-electron chi connectivity index (χ2n) is 7.48. The zero-order chi connectivity index (χ0) is 20.9. The highest BCUT2D eigenvalue weighted by atomic mass is 16.6. The zero-order valence-electron chi connectivity index (χ0n) is 16.9. The molecule has 0 saturated heterocycles. The van der Waals surface area contributed by atoms with Gasteiger partial charge in [-0.1, -0.05) is 0 Å². The molecule has 2 rings (SSSR count). The van der Waals surface area contributed by atoms with Gasteiger partial charge < -0.3 is 18.8 Å². The van der Waals surface area contributed by atoms with Gasteiger partial charge in [-0.3, -0.25) is 9.69 Å². The fourth-order valence-electron chi connectivity index (χ4n) is 2.62. The standard InChI is InChI=1S/C20H26N2O6/c1-20(2,3)28-19(25)22-8-6-15(12-22)11-21(4)17(23)16(18(24)26-5)10-14-7-9-27-13-14/h7,9-10,12-13H,6,8,11H2,1-5H3/b16-10+. The quantitative estimate of drug-likeness (QED) is 0.332. The number of hydrogen-bond acceptors (Lipinski definition) is 6. The van der Waals surface area contributed by atoms with Crippen LogP contribution in [0, 0.1) is 0 Å². The number of nitrogens with zero attached hydrogens (tertiary/aromatic N) is 2. The van der Waals surface area contributed by atoms with Gasteiger partial charge in [0.05, 0.1) is 19.6 Å². The number of ether oxygens (including phenoxy) is 2. The van der Waals surface area contributed by atoms with Crippen LogP contribution in [0.15, 0.2) is 40.4 Å². The first-order valence-corrected chi connectivity index (χ1v) is 8.87. The highest BCUT2D eigenvalue weighted by molar-refractivity contribution is 6.19. The Labute approximate surface area is 164 Å². The molecule has 0 unspecified atom stereocenters. The van der Waals surface area contributed by atoms with Gasteiger partial charge in [0.2, 0.25) is 0 Å². The third kappa shape index (κ3) is 5.73. The number of esters is 1. The minimum atomic E-state index is -0.728. The summed E-state index contributed by atoms with van der Waals surface area (Å²) < 4.78 is 15.0. The molecule has 2 amide bonds. The van der Waals surface area contributed by atoms with Gasteiger partial charge >= 0.3 is 12.1 Å². The van der Waals surface area contributed by atoms with Crippen LogP contribution in [0.5, 0.6) is 0 Å². The molecule has 0 bridgehead atoms. The van der Waals surface area contributed by atoms with Crippen molar-refractivity contribution in [2.45, 2.75) is 32.8 Å². The van der Waals surface area contributed by atoms with E-state index in [2.05, 4.69) is 0 Å². The number of furan rings is 1. The Morgan fingerprint density at radius 1 is 1.32 bits per heavy atom. The summed E-state index contributed by atoms with van der Waals surface area (Å²) in [7, 11) is 2.81. The summed E-state index contributed by atoms with van der Waals surface area (Å²) in [6.07, 6.45) is 6.18. The summed E-state index contributed by atoms with van der Waals surface area (Å²) in [6.45, 7) is 6.18. The lowest BCUT2D eigenvalue weighted by Gasteiger charge is -2.23. The molecule has 1 aliphatic heterocycles. The Balaban J connectivity index is 2.07. The largest absolute Gasteiger partial charge is 0.472 e. The van der Waals surface area contributed by atoms with Crippen LogP contribution < -0.4 is 0 Å². The summed E-state index contributed by atoms with van der Waals surface area (Å²) in [5.74, 6) is -1.21. The van der Waals surface area contributed by atoms with Gasteiger partial charge in [-0.2, -0.15) is 0 Å². The fourth-order valence-corrected chi connectivity index (χ4v) is 2.62. The van der Waals surface area contributed by atoms with Crippen LogP contribution in [-0.2, 0) is 19.1 Å². The number of carbonyl (C=O) groups excluding carboxylic acids is 3. The van der Waals surface area contributed by atoms with Gasteiger partial charge in [0.1, 0.15) is 11.2 Å². The Morgan fingerprint density at radius 3 is 2.61 bits per heavy atom. The monoisotopic (exact) mass is 390 g/mol. The van der Waals surface area contributed by atoms with E-state index in [-0.39, 0.29) is 12.1 Å². The van der Waals surface area contributed by atoms with Gasteiger partial charge in [-0.15, -0.1) is 0 Å². The van der Waals surface area contributed by atoms with Crippen LogP contribution in [0.25, 0.3) is 6.08 Å². The lowest BCUT2D eigenvalue weighted by molar-refractivity contribution is -0.139. The van der Waals surface area contributed by atoms with Crippen molar-refractivity contribution in [1.29, 1.82) is 0 Å². The Kier molecular flexibility index (Phi) is 6.66. The molecule has 8 heteroatoms. The molecule has 28 heavy (non-hydrogen) atoms. The Hall–Kier alpha value is -3.03. The molecule has 0 radical (unpaired) electrons. The number of rotatable bonds is 5. The molecule has 0 fully saturated rings. The molecule has 1 aromatic rings. The first-order valence-electron chi connectivity index (χ1n) is 8.87. The van der Waals surface area contributed by atoms with Gasteiger partial charge in [0, 0.05) is 31.9 Å². The maximum Gasteiger partial charge on any atom is 0.414 e. The summed E-state index contributed by atoms with van der Waals surface area (Å²) >= 11 is 0. The van der Waals surface area contributed by atoms with Crippen LogP contribution in [0.1, 0.15) is 32.8 Å². The number of methoxy groups -OCH3 is 1. The lowest BCUT2D eigenvalue weighted by atomic mass is 10.1. The van der Waals surface area contributed by atoms with E-state index < -0.39 is 23.6 Å². The van der Waals surface area contributed by atoms with Gasteiger partial charge in [0.15, 0.2) is 0 Å². The third-order valence-electron chi connectivity index (χ3n) is 3.92. The highest BCUT2D eigenvalue weighted by Gasteiger charge is 2.27. The molecular weight excluding hydrogens is 364 g/mol. The van der Waals surface area contributed by atoms with Crippen LogP contribution in [0.3, 0.4) is 0 Å². The summed E-state index contributed by atoms with van der Waals surface area (Å²) in [5, 5.41) is 0. The van der Waals surface area contributed by atoms with E-state index in [4.69, 9.17) is 13.9 Å². The molecule has 152 valence electrons. The van der Waals surface area contributed by atoms with Crippen molar-refractivity contribution in [3.8, 4) is 0 Å². The first-order chi connectivity index (χ1) is 13.1. The molecule has 8 nitrogen and oxygen atoms in total. The second kappa shape index (κ2) is 8.77. The summed E-state index contributed by atoms with van der Waals surface area (Å²) in [4.78, 5) is 39.8. The molecule has 0 aliphatic carbocycles. The molecular formula is C20H26N2O6. The molecule has 0 N–H and O–H groups in total. The first kappa shape index (κ1) is 21.3.